The standard InChI is InChI=1S/C23H25FS/c1-15-9-16(2)11-19(10-15)17-7-8-22(24)20(12-17)14-21-13-18-5-3-4-6-23(18)25-21/h3-8,12-13,15-16,19H,9-11,14H2,1-2H3. The highest BCUT2D eigenvalue weighted by Crippen LogP contribution is 2.39. The van der Waals surface area contributed by atoms with Crippen molar-refractivity contribution in [1.82, 2.24) is 0 Å². The van der Waals surface area contributed by atoms with Gasteiger partial charge in [-0.05, 0) is 71.7 Å². The second-order valence-electron chi connectivity index (χ2n) is 7.89. The number of fused-ring (bicyclic) bond motifs is 1. The Kier molecular flexibility index (Phi) is 4.64. The molecule has 0 amide bonds. The maximum Gasteiger partial charge on any atom is 0.126 e. The van der Waals surface area contributed by atoms with E-state index in [0.29, 0.717) is 12.3 Å². The van der Waals surface area contributed by atoms with E-state index in [1.165, 1.54) is 39.8 Å². The third-order valence-electron chi connectivity index (χ3n) is 5.56. The van der Waals surface area contributed by atoms with Crippen LogP contribution in [0.4, 0.5) is 4.39 Å². The average Bonchev–Trinajstić information content (AvgIpc) is 2.98. The van der Waals surface area contributed by atoms with Crippen LogP contribution in [0.3, 0.4) is 0 Å². The molecular weight excluding hydrogens is 327 g/mol. The lowest BCUT2D eigenvalue weighted by molar-refractivity contribution is 0.268. The Morgan fingerprint density at radius 2 is 1.72 bits per heavy atom. The molecule has 1 aliphatic rings. The molecule has 0 saturated heterocycles. The summed E-state index contributed by atoms with van der Waals surface area (Å²) in [5.74, 6) is 2.05. The molecule has 2 heteroatoms. The Bertz CT molecular complexity index is 836. The van der Waals surface area contributed by atoms with Crippen molar-refractivity contribution in [2.75, 3.05) is 0 Å². The number of hydrogen-bond donors (Lipinski definition) is 0. The highest BCUT2D eigenvalue weighted by atomic mass is 32.1. The Hall–Kier alpha value is -1.67. The Balaban J connectivity index is 1.61. The van der Waals surface area contributed by atoms with Crippen LogP contribution >= 0.6 is 11.3 Å². The van der Waals surface area contributed by atoms with E-state index in [-0.39, 0.29) is 5.82 Å². The molecule has 3 aromatic rings. The van der Waals surface area contributed by atoms with Crippen molar-refractivity contribution in [3.63, 3.8) is 0 Å². The Labute approximate surface area is 153 Å². The lowest BCUT2D eigenvalue weighted by Gasteiger charge is -2.32. The fourth-order valence-corrected chi connectivity index (χ4v) is 5.60. The molecule has 0 spiro atoms. The van der Waals surface area contributed by atoms with Gasteiger partial charge in [0.1, 0.15) is 5.82 Å². The highest BCUT2D eigenvalue weighted by Gasteiger charge is 2.25. The van der Waals surface area contributed by atoms with Crippen LogP contribution in [0.5, 0.6) is 0 Å². The summed E-state index contributed by atoms with van der Waals surface area (Å²) in [5, 5.41) is 1.26. The van der Waals surface area contributed by atoms with Crippen molar-refractivity contribution < 1.29 is 4.39 Å². The minimum absolute atomic E-state index is 0.0712. The molecule has 0 aliphatic heterocycles. The minimum Gasteiger partial charge on any atom is -0.207 e. The van der Waals surface area contributed by atoms with Crippen LogP contribution in [0.2, 0.25) is 0 Å². The second-order valence-corrected chi connectivity index (χ2v) is 9.06. The van der Waals surface area contributed by atoms with Crippen molar-refractivity contribution >= 4 is 21.4 Å². The van der Waals surface area contributed by atoms with E-state index in [2.05, 4.69) is 50.2 Å². The molecule has 1 saturated carbocycles. The predicted molar refractivity (Wildman–Crippen MR) is 106 cm³/mol. The molecular formula is C23H25FS. The average molecular weight is 353 g/mol. The molecule has 2 aromatic carbocycles. The topological polar surface area (TPSA) is 0 Å². The smallest absolute Gasteiger partial charge is 0.126 e. The number of halogens is 1. The largest absolute Gasteiger partial charge is 0.207 e. The summed E-state index contributed by atoms with van der Waals surface area (Å²) in [6.07, 6.45) is 4.49. The van der Waals surface area contributed by atoms with Gasteiger partial charge in [0, 0.05) is 16.0 Å². The first-order chi connectivity index (χ1) is 12.1. The molecule has 1 aromatic heterocycles. The number of hydrogen-bond acceptors (Lipinski definition) is 1. The van der Waals surface area contributed by atoms with Crippen LogP contribution in [0.15, 0.2) is 48.5 Å². The first kappa shape index (κ1) is 16.8. The molecule has 25 heavy (non-hydrogen) atoms. The van der Waals surface area contributed by atoms with Gasteiger partial charge in [-0.2, -0.15) is 0 Å². The second kappa shape index (κ2) is 6.92. The van der Waals surface area contributed by atoms with Gasteiger partial charge in [-0.3, -0.25) is 0 Å². The highest BCUT2D eigenvalue weighted by molar-refractivity contribution is 7.19. The lowest BCUT2D eigenvalue weighted by atomic mass is 9.74. The predicted octanol–water partition coefficient (Wildman–Crippen LogP) is 7.17. The van der Waals surface area contributed by atoms with E-state index in [1.54, 1.807) is 17.4 Å². The van der Waals surface area contributed by atoms with Crippen LogP contribution in [-0.2, 0) is 6.42 Å². The fraction of sp³-hybridized carbons (Fsp3) is 0.391. The molecule has 0 N–H and O–H groups in total. The SMILES string of the molecule is CC1CC(C)CC(c2ccc(F)c(Cc3cc4ccccc4s3)c2)C1. The van der Waals surface area contributed by atoms with E-state index in [4.69, 9.17) is 0 Å². The third-order valence-corrected chi connectivity index (χ3v) is 6.68. The summed E-state index contributed by atoms with van der Waals surface area (Å²) >= 11 is 1.78. The van der Waals surface area contributed by atoms with E-state index in [9.17, 15) is 4.39 Å². The molecule has 2 atom stereocenters. The first-order valence-electron chi connectivity index (χ1n) is 9.34. The van der Waals surface area contributed by atoms with Gasteiger partial charge in [-0.15, -0.1) is 11.3 Å². The van der Waals surface area contributed by atoms with Gasteiger partial charge in [0.25, 0.3) is 0 Å². The molecule has 4 rings (SSSR count). The normalized spacial score (nSPS) is 23.9. The molecule has 0 radical (unpaired) electrons. The van der Waals surface area contributed by atoms with E-state index in [0.717, 1.165) is 17.4 Å². The summed E-state index contributed by atoms with van der Waals surface area (Å²) in [5.41, 5.74) is 2.17. The van der Waals surface area contributed by atoms with Gasteiger partial charge in [0.05, 0.1) is 0 Å². The van der Waals surface area contributed by atoms with Crippen molar-refractivity contribution in [2.45, 2.75) is 45.4 Å². The van der Waals surface area contributed by atoms with Gasteiger partial charge in [-0.1, -0.05) is 44.2 Å². The zero-order valence-electron chi connectivity index (χ0n) is 15.0. The Morgan fingerprint density at radius 1 is 0.960 bits per heavy atom. The van der Waals surface area contributed by atoms with Crippen LogP contribution in [0.1, 0.15) is 55.0 Å². The quantitative estimate of drug-likeness (QED) is 0.468. The van der Waals surface area contributed by atoms with Gasteiger partial charge in [-0.25, -0.2) is 4.39 Å². The number of thiophene rings is 1. The summed E-state index contributed by atoms with van der Waals surface area (Å²) in [4.78, 5) is 1.24. The van der Waals surface area contributed by atoms with Gasteiger partial charge < -0.3 is 0 Å². The van der Waals surface area contributed by atoms with E-state index >= 15 is 0 Å². The van der Waals surface area contributed by atoms with Gasteiger partial charge in [0.15, 0.2) is 0 Å². The number of rotatable bonds is 3. The van der Waals surface area contributed by atoms with Crippen LogP contribution < -0.4 is 0 Å². The molecule has 1 aliphatic carbocycles. The molecule has 0 bridgehead atoms. The molecule has 2 unspecified atom stereocenters. The summed E-state index contributed by atoms with van der Waals surface area (Å²) in [7, 11) is 0. The Morgan fingerprint density at radius 3 is 2.48 bits per heavy atom. The first-order valence-corrected chi connectivity index (χ1v) is 10.2. The summed E-state index contributed by atoms with van der Waals surface area (Å²) < 4.78 is 15.7. The van der Waals surface area contributed by atoms with Crippen molar-refractivity contribution in [3.8, 4) is 0 Å². The van der Waals surface area contributed by atoms with E-state index < -0.39 is 0 Å². The van der Waals surface area contributed by atoms with Crippen LogP contribution in [0.25, 0.3) is 10.1 Å². The monoisotopic (exact) mass is 352 g/mol. The lowest BCUT2D eigenvalue weighted by Crippen LogP contribution is -2.18. The fourth-order valence-electron chi connectivity index (χ4n) is 4.51. The molecule has 130 valence electrons. The number of benzene rings is 2. The zero-order chi connectivity index (χ0) is 17.4. The van der Waals surface area contributed by atoms with Crippen LogP contribution in [0, 0.1) is 17.7 Å². The molecule has 1 heterocycles. The van der Waals surface area contributed by atoms with Crippen molar-refractivity contribution in [3.05, 3.63) is 70.4 Å². The van der Waals surface area contributed by atoms with Gasteiger partial charge in [0.2, 0.25) is 0 Å². The maximum atomic E-state index is 14.4. The van der Waals surface area contributed by atoms with E-state index in [1.807, 2.05) is 6.07 Å². The molecule has 1 fully saturated rings. The van der Waals surface area contributed by atoms with Crippen molar-refractivity contribution in [2.24, 2.45) is 11.8 Å². The molecule has 0 nitrogen and oxygen atoms in total. The van der Waals surface area contributed by atoms with Gasteiger partial charge >= 0.3 is 0 Å². The third kappa shape index (κ3) is 3.64. The summed E-state index contributed by atoms with van der Waals surface area (Å²) in [6.45, 7) is 4.70. The van der Waals surface area contributed by atoms with Crippen molar-refractivity contribution in [1.29, 1.82) is 0 Å². The zero-order valence-corrected chi connectivity index (χ0v) is 15.8. The van der Waals surface area contributed by atoms with Crippen LogP contribution in [-0.4, -0.2) is 0 Å². The summed E-state index contributed by atoms with van der Waals surface area (Å²) in [6, 6.07) is 16.4. The minimum atomic E-state index is -0.0712. The maximum absolute atomic E-state index is 14.4.